The predicted octanol–water partition coefficient (Wildman–Crippen LogP) is 3.43. The van der Waals surface area contributed by atoms with E-state index in [9.17, 15) is 9.59 Å². The number of benzene rings is 1. The lowest BCUT2D eigenvalue weighted by molar-refractivity contribution is -0.115. The number of carboxylic acids is 1. The summed E-state index contributed by atoms with van der Waals surface area (Å²) < 4.78 is 2.74. The second-order valence-corrected chi connectivity index (χ2v) is 6.68. The summed E-state index contributed by atoms with van der Waals surface area (Å²) in [6, 6.07) is 12.7. The number of carbonyl (C=O) groups excluding carboxylic acids is 1. The molecular weight excluding hydrogens is 338 g/mol. The Morgan fingerprint density at radius 1 is 1.20 bits per heavy atom. The minimum absolute atomic E-state index is 0.170. The first-order valence-corrected chi connectivity index (χ1v) is 8.39. The smallest absolute Gasteiger partial charge is 0.345 e. The highest BCUT2D eigenvalue weighted by molar-refractivity contribution is 7.20. The number of aromatic nitrogens is 2. The summed E-state index contributed by atoms with van der Waals surface area (Å²) in [7, 11) is 0. The zero-order valence-electron chi connectivity index (χ0n) is 13.0. The number of imidazole rings is 1. The number of thiophene rings is 1. The molecule has 0 spiro atoms. The van der Waals surface area contributed by atoms with E-state index in [1.54, 1.807) is 18.2 Å². The van der Waals surface area contributed by atoms with Crippen LogP contribution in [0.4, 0.5) is 5.69 Å². The fourth-order valence-electron chi connectivity index (χ4n) is 2.67. The highest BCUT2D eigenvalue weighted by Gasteiger charge is 2.11. The SMILES string of the molecule is O=C(Cc1cn2ccccc2n1)Nc1ccc2sc(C(=O)O)cc2c1. The van der Waals surface area contributed by atoms with Gasteiger partial charge in [0.05, 0.1) is 12.1 Å². The number of carbonyl (C=O) groups is 2. The lowest BCUT2D eigenvalue weighted by Gasteiger charge is -2.04. The van der Waals surface area contributed by atoms with Crippen molar-refractivity contribution in [1.82, 2.24) is 9.38 Å². The molecule has 0 aliphatic rings. The summed E-state index contributed by atoms with van der Waals surface area (Å²) in [6.45, 7) is 0. The van der Waals surface area contributed by atoms with Crippen molar-refractivity contribution >= 4 is 44.6 Å². The molecule has 4 aromatic rings. The number of fused-ring (bicyclic) bond motifs is 2. The van der Waals surface area contributed by atoms with E-state index < -0.39 is 5.97 Å². The van der Waals surface area contributed by atoms with Crippen LogP contribution in [0.5, 0.6) is 0 Å². The maximum Gasteiger partial charge on any atom is 0.345 e. The third kappa shape index (κ3) is 3.09. The Bertz CT molecular complexity index is 1080. The average Bonchev–Trinajstić information content (AvgIpc) is 3.17. The molecule has 0 saturated heterocycles. The first-order chi connectivity index (χ1) is 12.1. The number of anilines is 1. The Hall–Kier alpha value is -3.19. The van der Waals surface area contributed by atoms with Gasteiger partial charge in [-0.15, -0.1) is 11.3 Å². The largest absolute Gasteiger partial charge is 0.477 e. The van der Waals surface area contributed by atoms with Crippen molar-refractivity contribution < 1.29 is 14.7 Å². The van der Waals surface area contributed by atoms with Crippen LogP contribution in [-0.4, -0.2) is 26.4 Å². The Kier molecular flexibility index (Phi) is 3.70. The van der Waals surface area contributed by atoms with Gasteiger partial charge in [0.1, 0.15) is 10.5 Å². The van der Waals surface area contributed by atoms with Crippen molar-refractivity contribution in [3.8, 4) is 0 Å². The van der Waals surface area contributed by atoms with E-state index >= 15 is 0 Å². The highest BCUT2D eigenvalue weighted by Crippen LogP contribution is 2.28. The van der Waals surface area contributed by atoms with E-state index in [1.165, 1.54) is 11.3 Å². The van der Waals surface area contributed by atoms with E-state index in [2.05, 4.69) is 10.3 Å². The molecule has 0 unspecified atom stereocenters. The number of nitrogens with one attached hydrogen (secondary N) is 1. The Labute approximate surface area is 146 Å². The summed E-state index contributed by atoms with van der Waals surface area (Å²) in [4.78, 5) is 28.0. The fraction of sp³-hybridized carbons (Fsp3) is 0.0556. The maximum absolute atomic E-state index is 12.3. The van der Waals surface area contributed by atoms with Gasteiger partial charge in [0.15, 0.2) is 0 Å². The van der Waals surface area contributed by atoms with Crippen molar-refractivity contribution in [2.75, 3.05) is 5.32 Å². The van der Waals surface area contributed by atoms with Crippen molar-refractivity contribution in [1.29, 1.82) is 0 Å². The average molecular weight is 351 g/mol. The minimum atomic E-state index is -0.946. The van der Waals surface area contributed by atoms with Crippen LogP contribution < -0.4 is 5.32 Å². The van der Waals surface area contributed by atoms with Gasteiger partial charge in [0, 0.05) is 22.8 Å². The quantitative estimate of drug-likeness (QED) is 0.590. The summed E-state index contributed by atoms with van der Waals surface area (Å²) in [5.41, 5.74) is 2.12. The van der Waals surface area contributed by atoms with Crippen molar-refractivity contribution in [3.63, 3.8) is 0 Å². The molecular formula is C18H13N3O3S. The first-order valence-electron chi connectivity index (χ1n) is 7.58. The van der Waals surface area contributed by atoms with E-state index in [4.69, 9.17) is 5.11 Å². The van der Waals surface area contributed by atoms with Crippen LogP contribution in [0.3, 0.4) is 0 Å². The van der Waals surface area contributed by atoms with E-state index in [-0.39, 0.29) is 17.2 Å². The third-order valence-electron chi connectivity index (χ3n) is 3.77. The Morgan fingerprint density at radius 2 is 2.08 bits per heavy atom. The van der Waals surface area contributed by atoms with Gasteiger partial charge < -0.3 is 14.8 Å². The minimum Gasteiger partial charge on any atom is -0.477 e. The molecule has 1 amide bonds. The number of hydrogen-bond donors (Lipinski definition) is 2. The lowest BCUT2D eigenvalue weighted by atomic mass is 10.2. The van der Waals surface area contributed by atoms with Crippen LogP contribution in [-0.2, 0) is 11.2 Å². The molecule has 3 heterocycles. The van der Waals surface area contributed by atoms with E-state index in [0.717, 1.165) is 15.7 Å². The number of nitrogens with zero attached hydrogens (tertiary/aromatic N) is 2. The molecule has 0 fully saturated rings. The summed E-state index contributed by atoms with van der Waals surface area (Å²) >= 11 is 1.21. The number of rotatable bonds is 4. The van der Waals surface area contributed by atoms with Gasteiger partial charge in [-0.05, 0) is 41.8 Å². The highest BCUT2D eigenvalue weighted by atomic mass is 32.1. The van der Waals surface area contributed by atoms with Crippen LogP contribution in [0, 0.1) is 0 Å². The molecule has 0 saturated carbocycles. The van der Waals surface area contributed by atoms with E-state index in [1.807, 2.05) is 41.1 Å². The summed E-state index contributed by atoms with van der Waals surface area (Å²) in [5.74, 6) is -1.12. The normalized spacial score (nSPS) is 11.0. The fourth-order valence-corrected chi connectivity index (χ4v) is 3.55. The Morgan fingerprint density at radius 3 is 2.88 bits per heavy atom. The molecule has 3 aromatic heterocycles. The van der Waals surface area contributed by atoms with Gasteiger partial charge in [-0.2, -0.15) is 0 Å². The maximum atomic E-state index is 12.3. The predicted molar refractivity (Wildman–Crippen MR) is 96.3 cm³/mol. The van der Waals surface area contributed by atoms with Gasteiger partial charge in [0.2, 0.25) is 5.91 Å². The summed E-state index contributed by atoms with van der Waals surface area (Å²) in [6.07, 6.45) is 3.88. The molecule has 7 heteroatoms. The van der Waals surface area contributed by atoms with Crippen molar-refractivity contribution in [2.45, 2.75) is 6.42 Å². The molecule has 0 aliphatic carbocycles. The number of aromatic carboxylic acids is 1. The molecule has 2 N–H and O–H groups in total. The van der Waals surface area contributed by atoms with Gasteiger partial charge in [-0.1, -0.05) is 6.07 Å². The number of pyridine rings is 1. The molecule has 25 heavy (non-hydrogen) atoms. The monoisotopic (exact) mass is 351 g/mol. The molecule has 0 radical (unpaired) electrons. The van der Waals surface area contributed by atoms with Gasteiger partial charge in [0.25, 0.3) is 0 Å². The second-order valence-electron chi connectivity index (χ2n) is 5.59. The number of amides is 1. The van der Waals surface area contributed by atoms with Crippen LogP contribution >= 0.6 is 11.3 Å². The zero-order valence-corrected chi connectivity index (χ0v) is 13.8. The first kappa shape index (κ1) is 15.3. The molecule has 0 aliphatic heterocycles. The second kappa shape index (κ2) is 6.03. The third-order valence-corrected chi connectivity index (χ3v) is 4.87. The lowest BCUT2D eigenvalue weighted by Crippen LogP contribution is -2.14. The zero-order chi connectivity index (χ0) is 17.4. The molecule has 124 valence electrons. The number of carboxylic acid groups (broad SMARTS) is 1. The van der Waals surface area contributed by atoms with Gasteiger partial charge >= 0.3 is 5.97 Å². The standard InChI is InChI=1S/C18H13N3O3S/c22-17(9-13-10-21-6-2-1-3-16(21)19-13)20-12-4-5-14-11(7-12)8-15(25-14)18(23)24/h1-8,10H,9H2,(H,20,22)(H,23,24). The van der Waals surface area contributed by atoms with Gasteiger partial charge in [-0.3, -0.25) is 4.79 Å². The van der Waals surface area contributed by atoms with Crippen molar-refractivity contribution in [3.05, 3.63) is 65.4 Å². The van der Waals surface area contributed by atoms with Crippen LogP contribution in [0.15, 0.2) is 54.9 Å². The molecule has 1 aromatic carbocycles. The number of hydrogen-bond acceptors (Lipinski definition) is 4. The summed E-state index contributed by atoms with van der Waals surface area (Å²) in [5, 5.41) is 12.7. The van der Waals surface area contributed by atoms with Gasteiger partial charge in [-0.25, -0.2) is 9.78 Å². The molecule has 0 atom stereocenters. The molecule has 0 bridgehead atoms. The van der Waals surface area contributed by atoms with Crippen LogP contribution in [0.2, 0.25) is 0 Å². The Balaban J connectivity index is 1.51. The topological polar surface area (TPSA) is 83.7 Å². The van der Waals surface area contributed by atoms with Crippen LogP contribution in [0.25, 0.3) is 15.7 Å². The van der Waals surface area contributed by atoms with Crippen LogP contribution in [0.1, 0.15) is 15.4 Å². The van der Waals surface area contributed by atoms with Crippen molar-refractivity contribution in [2.24, 2.45) is 0 Å². The molecule has 6 nitrogen and oxygen atoms in total. The molecule has 4 rings (SSSR count). The van der Waals surface area contributed by atoms with E-state index in [0.29, 0.717) is 11.4 Å².